The molecule has 0 aliphatic heterocycles. The molecular formula is C16H22N3O5S-. The van der Waals surface area contributed by atoms with Gasteiger partial charge in [0.15, 0.2) is 0 Å². The van der Waals surface area contributed by atoms with Crippen LogP contribution in [0.5, 0.6) is 0 Å². The molecule has 1 aromatic carbocycles. The van der Waals surface area contributed by atoms with E-state index in [1.165, 1.54) is 0 Å². The predicted octanol–water partition coefficient (Wildman–Crippen LogP) is 2.00. The molecule has 0 aliphatic carbocycles. The third-order valence-electron chi connectivity index (χ3n) is 3.30. The fourth-order valence-electron chi connectivity index (χ4n) is 2.37. The van der Waals surface area contributed by atoms with Crippen LogP contribution in [-0.4, -0.2) is 40.0 Å². The molecule has 0 atom stereocenters. The topological polar surface area (TPSA) is 113 Å². The molecule has 0 fully saturated rings. The SMILES string of the molecule is CC(C)(C)OC(=O)NCc1nc2ccccc2n1CCCS(=O)(=O)[O-]. The van der Waals surface area contributed by atoms with Crippen molar-refractivity contribution in [2.24, 2.45) is 0 Å². The zero-order valence-corrected chi connectivity index (χ0v) is 15.3. The van der Waals surface area contributed by atoms with Gasteiger partial charge < -0.3 is 19.2 Å². The molecular weight excluding hydrogens is 346 g/mol. The van der Waals surface area contributed by atoms with Gasteiger partial charge in [-0.1, -0.05) is 12.1 Å². The average molecular weight is 368 g/mol. The Hall–Kier alpha value is -2.13. The molecule has 0 radical (unpaired) electrons. The van der Waals surface area contributed by atoms with E-state index < -0.39 is 27.6 Å². The molecule has 138 valence electrons. The number of hydrogen-bond acceptors (Lipinski definition) is 6. The maximum Gasteiger partial charge on any atom is 0.408 e. The summed E-state index contributed by atoms with van der Waals surface area (Å²) in [5.41, 5.74) is 0.937. The number of amides is 1. The molecule has 2 rings (SSSR count). The molecule has 0 aliphatic rings. The van der Waals surface area contributed by atoms with E-state index in [9.17, 15) is 17.8 Å². The van der Waals surface area contributed by atoms with E-state index in [4.69, 9.17) is 4.74 Å². The van der Waals surface area contributed by atoms with Gasteiger partial charge in [0, 0.05) is 12.3 Å². The third kappa shape index (κ3) is 6.02. The molecule has 9 heteroatoms. The van der Waals surface area contributed by atoms with Crippen LogP contribution in [0.15, 0.2) is 24.3 Å². The van der Waals surface area contributed by atoms with Crippen LogP contribution in [0.4, 0.5) is 4.79 Å². The maximum atomic E-state index is 11.8. The number of carbonyl (C=O) groups is 1. The lowest BCUT2D eigenvalue weighted by molar-refractivity contribution is 0.0521. The van der Waals surface area contributed by atoms with Crippen LogP contribution < -0.4 is 5.32 Å². The molecule has 0 saturated carbocycles. The normalized spacial score (nSPS) is 12.3. The highest BCUT2D eigenvalue weighted by Gasteiger charge is 2.17. The smallest absolute Gasteiger partial charge is 0.408 e. The molecule has 0 spiro atoms. The highest BCUT2D eigenvalue weighted by molar-refractivity contribution is 7.85. The Kier molecular flexibility index (Phi) is 5.69. The van der Waals surface area contributed by atoms with Crippen molar-refractivity contribution in [1.29, 1.82) is 0 Å². The van der Waals surface area contributed by atoms with Crippen LogP contribution in [0.1, 0.15) is 33.0 Å². The first kappa shape index (κ1) is 19.2. The molecule has 0 bridgehead atoms. The molecule has 0 saturated heterocycles. The summed E-state index contributed by atoms with van der Waals surface area (Å²) in [7, 11) is -4.26. The number of para-hydroxylation sites is 2. The molecule has 2 aromatic rings. The summed E-state index contributed by atoms with van der Waals surface area (Å²) < 4.78 is 39.4. The van der Waals surface area contributed by atoms with Gasteiger partial charge in [0.1, 0.15) is 11.4 Å². The van der Waals surface area contributed by atoms with E-state index in [1.54, 1.807) is 25.3 Å². The van der Waals surface area contributed by atoms with Gasteiger partial charge in [-0.15, -0.1) is 0 Å². The Balaban J connectivity index is 2.15. The minimum atomic E-state index is -4.26. The number of alkyl carbamates (subject to hydrolysis) is 1. The summed E-state index contributed by atoms with van der Waals surface area (Å²) in [6.45, 7) is 5.75. The summed E-state index contributed by atoms with van der Waals surface area (Å²) in [6, 6.07) is 7.36. The number of ether oxygens (including phenoxy) is 1. The molecule has 1 N–H and O–H groups in total. The Bertz CT molecular complexity index is 852. The van der Waals surface area contributed by atoms with Crippen molar-refractivity contribution in [2.45, 2.75) is 45.9 Å². The van der Waals surface area contributed by atoms with Gasteiger partial charge >= 0.3 is 6.09 Å². The summed E-state index contributed by atoms with van der Waals surface area (Å²) in [5.74, 6) is 0.119. The molecule has 0 unspecified atom stereocenters. The Morgan fingerprint density at radius 2 is 2.00 bits per heavy atom. The van der Waals surface area contributed by atoms with Gasteiger partial charge in [0.05, 0.1) is 27.7 Å². The van der Waals surface area contributed by atoms with Crippen molar-refractivity contribution >= 4 is 27.2 Å². The Labute approximate surface area is 146 Å². The zero-order chi connectivity index (χ0) is 18.7. The van der Waals surface area contributed by atoms with Gasteiger partial charge in [0.2, 0.25) is 0 Å². The van der Waals surface area contributed by atoms with E-state index in [2.05, 4.69) is 10.3 Å². The molecule has 1 heterocycles. The average Bonchev–Trinajstić information content (AvgIpc) is 2.80. The van der Waals surface area contributed by atoms with E-state index >= 15 is 0 Å². The second-order valence-electron chi connectivity index (χ2n) is 6.64. The number of hydrogen-bond donors (Lipinski definition) is 1. The van der Waals surface area contributed by atoms with Crippen molar-refractivity contribution < 1.29 is 22.5 Å². The van der Waals surface area contributed by atoms with Gasteiger partial charge in [-0.05, 0) is 39.3 Å². The fourth-order valence-corrected chi connectivity index (χ4v) is 2.86. The van der Waals surface area contributed by atoms with Crippen LogP contribution in [0.25, 0.3) is 11.0 Å². The monoisotopic (exact) mass is 368 g/mol. The first-order chi connectivity index (χ1) is 11.6. The lowest BCUT2D eigenvalue weighted by Gasteiger charge is -2.19. The Morgan fingerprint density at radius 3 is 2.64 bits per heavy atom. The minimum Gasteiger partial charge on any atom is -0.748 e. The van der Waals surface area contributed by atoms with Crippen LogP contribution in [0.3, 0.4) is 0 Å². The Morgan fingerprint density at radius 1 is 1.32 bits per heavy atom. The van der Waals surface area contributed by atoms with E-state index in [-0.39, 0.29) is 13.0 Å². The van der Waals surface area contributed by atoms with Crippen LogP contribution in [0.2, 0.25) is 0 Å². The standard InChI is InChI=1S/C16H23N3O5S/c1-16(2,3)24-15(20)17-11-14-18-12-7-4-5-8-13(12)19(14)9-6-10-25(21,22)23/h4-5,7-8H,6,9-11H2,1-3H3,(H,17,20)(H,21,22,23)/p-1. The van der Waals surface area contributed by atoms with Crippen LogP contribution >= 0.6 is 0 Å². The van der Waals surface area contributed by atoms with E-state index in [0.717, 1.165) is 11.0 Å². The number of carbonyl (C=O) groups excluding carboxylic acids is 1. The molecule has 1 amide bonds. The summed E-state index contributed by atoms with van der Waals surface area (Å²) in [6.07, 6.45) is -0.390. The second-order valence-corrected chi connectivity index (χ2v) is 8.16. The van der Waals surface area contributed by atoms with E-state index in [0.29, 0.717) is 12.4 Å². The maximum absolute atomic E-state index is 11.8. The third-order valence-corrected chi connectivity index (χ3v) is 4.09. The quantitative estimate of drug-likeness (QED) is 0.780. The highest BCUT2D eigenvalue weighted by Crippen LogP contribution is 2.17. The van der Waals surface area contributed by atoms with Gasteiger partial charge in [-0.2, -0.15) is 0 Å². The van der Waals surface area contributed by atoms with Crippen molar-refractivity contribution in [3.63, 3.8) is 0 Å². The van der Waals surface area contributed by atoms with Crippen molar-refractivity contribution in [3.05, 3.63) is 30.1 Å². The van der Waals surface area contributed by atoms with Gasteiger partial charge in [-0.25, -0.2) is 18.2 Å². The van der Waals surface area contributed by atoms with E-state index in [1.807, 2.05) is 24.3 Å². The summed E-state index contributed by atoms with van der Waals surface area (Å²) in [5, 5.41) is 2.64. The molecule has 8 nitrogen and oxygen atoms in total. The second kappa shape index (κ2) is 7.40. The van der Waals surface area contributed by atoms with Crippen molar-refractivity contribution in [3.8, 4) is 0 Å². The lowest BCUT2D eigenvalue weighted by atomic mass is 10.2. The fraction of sp³-hybridized carbons (Fsp3) is 0.500. The van der Waals surface area contributed by atoms with Gasteiger partial charge in [-0.3, -0.25) is 0 Å². The molecule has 25 heavy (non-hydrogen) atoms. The number of nitrogens with one attached hydrogen (secondary N) is 1. The van der Waals surface area contributed by atoms with Crippen molar-refractivity contribution in [2.75, 3.05) is 5.75 Å². The molecule has 1 aromatic heterocycles. The number of aryl methyl sites for hydroxylation is 1. The van der Waals surface area contributed by atoms with Crippen LogP contribution in [0, 0.1) is 0 Å². The summed E-state index contributed by atoms with van der Waals surface area (Å²) >= 11 is 0. The minimum absolute atomic E-state index is 0.133. The van der Waals surface area contributed by atoms with Crippen LogP contribution in [-0.2, 0) is 27.9 Å². The number of nitrogens with zero attached hydrogens (tertiary/aromatic N) is 2. The van der Waals surface area contributed by atoms with Gasteiger partial charge in [0.25, 0.3) is 0 Å². The first-order valence-electron chi connectivity index (χ1n) is 7.90. The highest BCUT2D eigenvalue weighted by atomic mass is 32.2. The largest absolute Gasteiger partial charge is 0.748 e. The zero-order valence-electron chi connectivity index (χ0n) is 14.5. The number of rotatable bonds is 6. The predicted molar refractivity (Wildman–Crippen MR) is 92.0 cm³/mol. The first-order valence-corrected chi connectivity index (χ1v) is 9.47. The number of aromatic nitrogens is 2. The number of imidazole rings is 1. The van der Waals surface area contributed by atoms with Crippen molar-refractivity contribution in [1.82, 2.24) is 14.9 Å². The summed E-state index contributed by atoms with van der Waals surface area (Å²) in [4.78, 5) is 16.3. The number of benzene rings is 1. The number of fused-ring (bicyclic) bond motifs is 1. The lowest BCUT2D eigenvalue weighted by Crippen LogP contribution is -2.32.